The number of hydrogen-bond acceptors (Lipinski definition) is 6. The minimum atomic E-state index is -0.713. The van der Waals surface area contributed by atoms with Gasteiger partial charge in [-0.2, -0.15) is 0 Å². The molecule has 1 saturated heterocycles. The molecule has 7 heteroatoms. The molecule has 3 aromatic heterocycles. The highest BCUT2D eigenvalue weighted by Crippen LogP contribution is 2.34. The first kappa shape index (κ1) is 20.1. The van der Waals surface area contributed by atoms with Crippen LogP contribution in [0.3, 0.4) is 0 Å². The predicted octanol–water partition coefficient (Wildman–Crippen LogP) is 4.17. The Morgan fingerprint density at radius 3 is 2.57 bits per heavy atom. The van der Waals surface area contributed by atoms with Gasteiger partial charge in [0.1, 0.15) is 11.4 Å². The molecule has 0 radical (unpaired) electrons. The van der Waals surface area contributed by atoms with Crippen LogP contribution in [-0.4, -0.2) is 39.7 Å². The van der Waals surface area contributed by atoms with Crippen molar-refractivity contribution in [3.05, 3.63) is 49.1 Å². The molecule has 0 saturated carbocycles. The van der Waals surface area contributed by atoms with Gasteiger partial charge in [-0.25, -0.2) is 9.78 Å². The normalized spacial score (nSPS) is 15.3. The summed E-state index contributed by atoms with van der Waals surface area (Å²) in [5.74, 6) is 1.47. The van der Waals surface area contributed by atoms with Gasteiger partial charge in [-0.05, 0) is 63.3 Å². The molecule has 0 atom stereocenters. The summed E-state index contributed by atoms with van der Waals surface area (Å²) in [6.07, 6.45) is 9.39. The smallest absolute Gasteiger partial charge is 0.405 e. The minimum Gasteiger partial charge on any atom is -0.444 e. The van der Waals surface area contributed by atoms with Gasteiger partial charge in [-0.1, -0.05) is 0 Å². The standard InChI is InChI=1S/C23H27N5O2/c1-23(2,30-22(24)29)14-16-6-11-28(12-7-16)21-19-5-10-26-15-18(19)13-20(27-21)17-3-8-25-9-4-17/h3-5,8-10,13,15-16H,6-7,11-12,14H2,1-2H3,(H2,24,29). The van der Waals surface area contributed by atoms with E-state index in [2.05, 4.69) is 20.9 Å². The molecule has 4 heterocycles. The largest absolute Gasteiger partial charge is 0.444 e. The summed E-state index contributed by atoms with van der Waals surface area (Å²) in [6.45, 7) is 5.65. The van der Waals surface area contributed by atoms with Gasteiger partial charge in [0.05, 0.1) is 5.69 Å². The van der Waals surface area contributed by atoms with Crippen molar-refractivity contribution in [3.63, 3.8) is 0 Å². The Balaban J connectivity index is 1.56. The fourth-order valence-electron chi connectivity index (χ4n) is 4.35. The first-order valence-electron chi connectivity index (χ1n) is 10.3. The summed E-state index contributed by atoms with van der Waals surface area (Å²) in [5, 5.41) is 2.19. The molecule has 156 valence electrons. The molecule has 1 aliphatic heterocycles. The van der Waals surface area contributed by atoms with Gasteiger partial charge < -0.3 is 15.4 Å². The van der Waals surface area contributed by atoms with Gasteiger partial charge in [0, 0.05) is 54.2 Å². The van der Waals surface area contributed by atoms with Crippen LogP contribution in [0.4, 0.5) is 10.6 Å². The van der Waals surface area contributed by atoms with Gasteiger partial charge >= 0.3 is 6.09 Å². The number of hydrogen-bond donors (Lipinski definition) is 1. The summed E-state index contributed by atoms with van der Waals surface area (Å²) < 4.78 is 5.28. The van der Waals surface area contributed by atoms with Gasteiger partial charge in [-0.15, -0.1) is 0 Å². The lowest BCUT2D eigenvalue weighted by molar-refractivity contribution is 0.0236. The van der Waals surface area contributed by atoms with Crippen molar-refractivity contribution in [3.8, 4) is 11.3 Å². The van der Waals surface area contributed by atoms with E-state index >= 15 is 0 Å². The van der Waals surface area contributed by atoms with Crippen LogP contribution in [0.5, 0.6) is 0 Å². The molecule has 1 aliphatic rings. The topological polar surface area (TPSA) is 94.2 Å². The Morgan fingerprint density at radius 1 is 1.17 bits per heavy atom. The lowest BCUT2D eigenvalue weighted by Crippen LogP contribution is -2.39. The SMILES string of the molecule is CC(C)(CC1CCN(c2nc(-c3ccncc3)cc3cnccc23)CC1)OC(N)=O. The third-order valence-electron chi connectivity index (χ3n) is 5.66. The minimum absolute atomic E-state index is 0.479. The van der Waals surface area contributed by atoms with Gasteiger partial charge in [-0.3, -0.25) is 9.97 Å². The number of nitrogens with two attached hydrogens (primary N) is 1. The Hall–Kier alpha value is -3.22. The molecule has 4 rings (SSSR count). The number of fused-ring (bicyclic) bond motifs is 1. The number of rotatable bonds is 5. The van der Waals surface area contributed by atoms with E-state index < -0.39 is 11.7 Å². The lowest BCUT2D eigenvalue weighted by Gasteiger charge is -2.36. The molecule has 1 fully saturated rings. The third kappa shape index (κ3) is 4.50. The number of ether oxygens (including phenoxy) is 1. The number of amides is 1. The molecular formula is C23H27N5O2. The van der Waals surface area contributed by atoms with Gasteiger partial charge in [0.2, 0.25) is 0 Å². The van der Waals surface area contributed by atoms with Crippen LogP contribution in [-0.2, 0) is 4.74 Å². The van der Waals surface area contributed by atoms with E-state index in [0.29, 0.717) is 5.92 Å². The van der Waals surface area contributed by atoms with Crippen molar-refractivity contribution in [2.24, 2.45) is 11.7 Å². The number of primary amides is 1. The summed E-state index contributed by atoms with van der Waals surface area (Å²) >= 11 is 0. The zero-order valence-corrected chi connectivity index (χ0v) is 17.4. The van der Waals surface area contributed by atoms with Crippen molar-refractivity contribution in [1.82, 2.24) is 15.0 Å². The average Bonchev–Trinajstić information content (AvgIpc) is 2.73. The van der Waals surface area contributed by atoms with Crippen molar-refractivity contribution >= 4 is 22.7 Å². The van der Waals surface area contributed by atoms with Crippen LogP contribution >= 0.6 is 0 Å². The number of anilines is 1. The van der Waals surface area contributed by atoms with Crippen molar-refractivity contribution < 1.29 is 9.53 Å². The average molecular weight is 406 g/mol. The number of aromatic nitrogens is 3. The maximum absolute atomic E-state index is 11.1. The van der Waals surface area contributed by atoms with Crippen LogP contribution in [0.25, 0.3) is 22.0 Å². The summed E-state index contributed by atoms with van der Waals surface area (Å²) in [4.78, 5) is 26.9. The van der Waals surface area contributed by atoms with Gasteiger partial charge in [0.25, 0.3) is 0 Å². The van der Waals surface area contributed by atoms with E-state index in [1.165, 1.54) is 0 Å². The second kappa shape index (κ2) is 8.26. The van der Waals surface area contributed by atoms with Crippen LogP contribution in [0.2, 0.25) is 0 Å². The van der Waals surface area contributed by atoms with E-state index in [4.69, 9.17) is 15.5 Å². The van der Waals surface area contributed by atoms with Crippen LogP contribution < -0.4 is 10.6 Å². The zero-order valence-electron chi connectivity index (χ0n) is 17.4. The molecule has 7 nitrogen and oxygen atoms in total. The second-order valence-electron chi connectivity index (χ2n) is 8.48. The molecule has 1 amide bonds. The number of nitrogens with zero attached hydrogens (tertiary/aromatic N) is 4. The summed E-state index contributed by atoms with van der Waals surface area (Å²) in [6, 6.07) is 8.06. The molecule has 2 N–H and O–H groups in total. The second-order valence-corrected chi connectivity index (χ2v) is 8.48. The van der Waals surface area contributed by atoms with Crippen molar-refractivity contribution in [2.75, 3.05) is 18.0 Å². The number of piperidine rings is 1. The predicted molar refractivity (Wildman–Crippen MR) is 117 cm³/mol. The molecule has 3 aromatic rings. The number of carbonyl (C=O) groups is 1. The van der Waals surface area contributed by atoms with E-state index in [1.807, 2.05) is 44.4 Å². The Morgan fingerprint density at radius 2 is 1.87 bits per heavy atom. The highest BCUT2D eigenvalue weighted by molar-refractivity contribution is 5.94. The maximum Gasteiger partial charge on any atom is 0.405 e. The maximum atomic E-state index is 11.1. The lowest BCUT2D eigenvalue weighted by atomic mass is 9.86. The van der Waals surface area contributed by atoms with E-state index in [0.717, 1.165) is 60.2 Å². The highest BCUT2D eigenvalue weighted by Gasteiger charge is 2.30. The first-order chi connectivity index (χ1) is 14.4. The third-order valence-corrected chi connectivity index (χ3v) is 5.66. The zero-order chi connectivity index (χ0) is 21.1. The van der Waals surface area contributed by atoms with E-state index in [9.17, 15) is 4.79 Å². The summed E-state index contributed by atoms with van der Waals surface area (Å²) in [7, 11) is 0. The van der Waals surface area contributed by atoms with Crippen molar-refractivity contribution in [1.29, 1.82) is 0 Å². The monoisotopic (exact) mass is 405 g/mol. The van der Waals surface area contributed by atoms with Crippen LogP contribution in [0, 0.1) is 5.92 Å². The Labute approximate surface area is 176 Å². The van der Waals surface area contributed by atoms with Crippen molar-refractivity contribution in [2.45, 2.75) is 38.7 Å². The Bertz CT molecular complexity index is 1030. The molecule has 0 spiro atoms. The first-order valence-corrected chi connectivity index (χ1v) is 10.3. The molecular weight excluding hydrogens is 378 g/mol. The quantitative estimate of drug-likeness (QED) is 0.684. The fourth-order valence-corrected chi connectivity index (χ4v) is 4.35. The highest BCUT2D eigenvalue weighted by atomic mass is 16.6. The van der Waals surface area contributed by atoms with E-state index in [-0.39, 0.29) is 0 Å². The number of pyridine rings is 3. The fraction of sp³-hybridized carbons (Fsp3) is 0.391. The summed E-state index contributed by atoms with van der Waals surface area (Å²) in [5.41, 5.74) is 6.63. The molecule has 0 aliphatic carbocycles. The number of carbonyl (C=O) groups excluding carboxylic acids is 1. The molecule has 0 bridgehead atoms. The van der Waals surface area contributed by atoms with Crippen LogP contribution in [0.1, 0.15) is 33.1 Å². The Kier molecular flexibility index (Phi) is 5.53. The van der Waals surface area contributed by atoms with Crippen LogP contribution in [0.15, 0.2) is 49.1 Å². The molecule has 0 aromatic carbocycles. The van der Waals surface area contributed by atoms with Gasteiger partial charge in [0.15, 0.2) is 0 Å². The molecule has 0 unspecified atom stereocenters. The van der Waals surface area contributed by atoms with E-state index in [1.54, 1.807) is 12.4 Å². The molecule has 30 heavy (non-hydrogen) atoms.